The molecule has 1 N–H and O–H groups in total. The summed E-state index contributed by atoms with van der Waals surface area (Å²) in [4.78, 5) is 38.1. The van der Waals surface area contributed by atoms with Crippen LogP contribution in [0.2, 0.25) is 5.02 Å². The second-order valence-electron chi connectivity index (χ2n) is 9.55. The van der Waals surface area contributed by atoms with E-state index in [1.807, 2.05) is 40.1 Å². The van der Waals surface area contributed by atoms with Gasteiger partial charge >= 0.3 is 5.69 Å². The summed E-state index contributed by atoms with van der Waals surface area (Å²) >= 11 is 7.35. The number of thioether (sulfide) groups is 1. The Morgan fingerprint density at radius 1 is 1.05 bits per heavy atom. The number of aromatic nitrogens is 5. The molecule has 13 heteroatoms. The number of hydrogen-bond acceptors (Lipinski definition) is 7. The number of benzene rings is 2. The highest BCUT2D eigenvalue weighted by atomic mass is 35.5. The standard InChI is InChI=1S/C27H27ClN6O4S2/c1-2-33-22(30-24-23(33)25(35)31-26(36)34(24)15-17-6-8-18(28)9-7-17)16-39-27-29-20-14-19(10-11-21(20)38-27)40(37)32-12-4-3-5-13-32/h6-11,14H,2-5,12-13,15-16H2,1H3,(H,31,35,36). The van der Waals surface area contributed by atoms with E-state index in [0.717, 1.165) is 31.5 Å². The van der Waals surface area contributed by atoms with Gasteiger partial charge in [0.15, 0.2) is 16.7 Å². The molecule has 0 amide bonds. The smallest absolute Gasteiger partial charge is 0.330 e. The molecule has 0 spiro atoms. The normalized spacial score (nSPS) is 15.2. The molecular formula is C27H27ClN6O4S2. The molecule has 208 valence electrons. The van der Waals surface area contributed by atoms with Crippen molar-refractivity contribution in [2.24, 2.45) is 0 Å². The number of aryl methyl sites for hydroxylation is 1. The van der Waals surface area contributed by atoms with Crippen molar-refractivity contribution in [3.05, 3.63) is 79.7 Å². The maximum Gasteiger partial charge on any atom is 0.330 e. The van der Waals surface area contributed by atoms with Gasteiger partial charge in [-0.25, -0.2) is 23.3 Å². The van der Waals surface area contributed by atoms with E-state index in [1.54, 1.807) is 18.2 Å². The summed E-state index contributed by atoms with van der Waals surface area (Å²) in [5.74, 6) is 0.994. The highest BCUT2D eigenvalue weighted by molar-refractivity contribution is 7.98. The monoisotopic (exact) mass is 598 g/mol. The van der Waals surface area contributed by atoms with Crippen molar-refractivity contribution in [1.29, 1.82) is 0 Å². The van der Waals surface area contributed by atoms with Crippen molar-refractivity contribution in [1.82, 2.24) is 28.4 Å². The molecule has 1 unspecified atom stereocenters. The first-order valence-corrected chi connectivity index (χ1v) is 15.5. The highest BCUT2D eigenvalue weighted by Gasteiger charge is 2.21. The van der Waals surface area contributed by atoms with Gasteiger partial charge in [-0.1, -0.05) is 41.9 Å². The van der Waals surface area contributed by atoms with Crippen molar-refractivity contribution in [2.45, 2.75) is 55.1 Å². The average molecular weight is 599 g/mol. The zero-order chi connectivity index (χ0) is 27.8. The lowest BCUT2D eigenvalue weighted by Crippen LogP contribution is -2.31. The van der Waals surface area contributed by atoms with Crippen LogP contribution in [-0.4, -0.2) is 45.7 Å². The van der Waals surface area contributed by atoms with Crippen molar-refractivity contribution in [2.75, 3.05) is 13.1 Å². The zero-order valence-electron chi connectivity index (χ0n) is 21.8. The summed E-state index contributed by atoms with van der Waals surface area (Å²) < 4.78 is 24.2. The second kappa shape index (κ2) is 11.4. The van der Waals surface area contributed by atoms with Gasteiger partial charge in [0.05, 0.1) is 17.2 Å². The van der Waals surface area contributed by atoms with Gasteiger partial charge in [-0.3, -0.25) is 14.3 Å². The molecule has 0 aliphatic carbocycles. The van der Waals surface area contributed by atoms with Crippen LogP contribution in [0.5, 0.6) is 0 Å². The van der Waals surface area contributed by atoms with E-state index in [4.69, 9.17) is 21.0 Å². The Bertz CT molecular complexity index is 1840. The van der Waals surface area contributed by atoms with Gasteiger partial charge in [0.2, 0.25) is 0 Å². The number of rotatable bonds is 8. The number of H-pyrrole nitrogens is 1. The number of aromatic amines is 1. The number of oxazole rings is 1. The van der Waals surface area contributed by atoms with Crippen molar-refractivity contribution < 1.29 is 8.63 Å². The molecule has 2 aromatic carbocycles. The molecule has 6 rings (SSSR count). The summed E-state index contributed by atoms with van der Waals surface area (Å²) in [5.41, 5.74) is 1.77. The minimum atomic E-state index is -1.22. The number of fused-ring (bicyclic) bond motifs is 2. The molecule has 1 aliphatic rings. The van der Waals surface area contributed by atoms with Crippen LogP contribution in [0.15, 0.2) is 66.6 Å². The number of piperidine rings is 1. The van der Waals surface area contributed by atoms with Gasteiger partial charge in [-0.05, 0) is 55.7 Å². The Hall–Kier alpha value is -3.19. The molecule has 4 heterocycles. The molecular weight excluding hydrogens is 572 g/mol. The number of nitrogens with zero attached hydrogens (tertiary/aromatic N) is 5. The van der Waals surface area contributed by atoms with Gasteiger partial charge in [-0.2, -0.15) is 0 Å². The SMILES string of the molecule is CCn1c(CSc2nc3cc(S(=O)N4CCCCC4)ccc3o2)nc2c1c(=O)[nH]c(=O)n2Cc1ccc(Cl)cc1. The molecule has 40 heavy (non-hydrogen) atoms. The number of halogens is 1. The predicted octanol–water partition coefficient (Wildman–Crippen LogP) is 4.55. The Labute approximate surface area is 241 Å². The van der Waals surface area contributed by atoms with Crippen molar-refractivity contribution in [3.63, 3.8) is 0 Å². The third kappa shape index (κ3) is 5.28. The third-order valence-corrected chi connectivity index (χ3v) is 9.52. The second-order valence-corrected chi connectivity index (χ2v) is 12.4. The van der Waals surface area contributed by atoms with Crippen LogP contribution >= 0.6 is 23.4 Å². The quantitative estimate of drug-likeness (QED) is 0.260. The van der Waals surface area contributed by atoms with Gasteiger partial charge in [-0.15, -0.1) is 0 Å². The molecule has 5 aromatic rings. The van der Waals surface area contributed by atoms with E-state index in [9.17, 15) is 13.8 Å². The lowest BCUT2D eigenvalue weighted by molar-refractivity contribution is 0.365. The molecule has 10 nitrogen and oxygen atoms in total. The third-order valence-electron chi connectivity index (χ3n) is 6.95. The molecule has 1 saturated heterocycles. The zero-order valence-corrected chi connectivity index (χ0v) is 24.2. The minimum Gasteiger partial charge on any atom is -0.431 e. The Morgan fingerprint density at radius 2 is 1.82 bits per heavy atom. The molecule has 0 radical (unpaired) electrons. The summed E-state index contributed by atoms with van der Waals surface area (Å²) in [6.07, 6.45) is 3.30. The Kier molecular flexibility index (Phi) is 7.67. The van der Waals surface area contributed by atoms with Crippen LogP contribution in [-0.2, 0) is 29.8 Å². The van der Waals surface area contributed by atoms with Crippen LogP contribution in [0.1, 0.15) is 37.6 Å². The summed E-state index contributed by atoms with van der Waals surface area (Å²) in [6, 6.07) is 12.6. The van der Waals surface area contributed by atoms with Gasteiger partial charge in [0, 0.05) is 24.7 Å². The lowest BCUT2D eigenvalue weighted by Gasteiger charge is -2.24. The topological polar surface area (TPSA) is 119 Å². The molecule has 1 fully saturated rings. The molecule has 0 bridgehead atoms. The summed E-state index contributed by atoms with van der Waals surface area (Å²) in [5, 5.41) is 1.04. The van der Waals surface area contributed by atoms with Crippen LogP contribution in [0.4, 0.5) is 0 Å². The fourth-order valence-electron chi connectivity index (χ4n) is 4.95. The number of imidazole rings is 1. The maximum atomic E-state index is 13.0. The van der Waals surface area contributed by atoms with E-state index in [0.29, 0.717) is 55.5 Å². The van der Waals surface area contributed by atoms with Crippen LogP contribution in [0, 0.1) is 0 Å². The largest absolute Gasteiger partial charge is 0.431 e. The number of hydrogen-bond donors (Lipinski definition) is 1. The Balaban J connectivity index is 1.27. The van der Waals surface area contributed by atoms with Gasteiger partial charge in [0.25, 0.3) is 10.8 Å². The highest BCUT2D eigenvalue weighted by Crippen LogP contribution is 2.29. The van der Waals surface area contributed by atoms with E-state index < -0.39 is 22.2 Å². The van der Waals surface area contributed by atoms with E-state index >= 15 is 0 Å². The van der Waals surface area contributed by atoms with E-state index in [2.05, 4.69) is 9.97 Å². The minimum absolute atomic E-state index is 0.239. The molecule has 0 saturated carbocycles. The molecule has 1 aliphatic heterocycles. The van der Waals surface area contributed by atoms with Gasteiger partial charge < -0.3 is 8.98 Å². The van der Waals surface area contributed by atoms with Crippen molar-refractivity contribution >= 4 is 56.6 Å². The fourth-order valence-corrected chi connectivity index (χ4v) is 7.15. The molecule has 3 aromatic heterocycles. The van der Waals surface area contributed by atoms with E-state index in [-0.39, 0.29) is 6.54 Å². The maximum absolute atomic E-state index is 13.0. The number of nitrogens with one attached hydrogen (secondary N) is 1. The Morgan fingerprint density at radius 3 is 2.58 bits per heavy atom. The van der Waals surface area contributed by atoms with E-state index in [1.165, 1.54) is 22.7 Å². The fraction of sp³-hybridized carbons (Fsp3) is 0.333. The first kappa shape index (κ1) is 27.0. The first-order valence-electron chi connectivity index (χ1n) is 13.1. The molecule has 1 atom stereocenters. The first-order chi connectivity index (χ1) is 19.4. The van der Waals surface area contributed by atoms with Crippen LogP contribution < -0.4 is 11.2 Å². The lowest BCUT2D eigenvalue weighted by atomic mass is 10.2. The van der Waals surface area contributed by atoms with Crippen LogP contribution in [0.25, 0.3) is 22.3 Å². The average Bonchev–Trinajstić information content (AvgIpc) is 3.55. The van der Waals surface area contributed by atoms with Gasteiger partial charge in [0.1, 0.15) is 22.3 Å². The summed E-state index contributed by atoms with van der Waals surface area (Å²) in [6.45, 7) is 4.32. The summed E-state index contributed by atoms with van der Waals surface area (Å²) in [7, 11) is -1.22. The van der Waals surface area contributed by atoms with Crippen molar-refractivity contribution in [3.8, 4) is 0 Å². The van der Waals surface area contributed by atoms with Crippen LogP contribution in [0.3, 0.4) is 0 Å². The predicted molar refractivity (Wildman–Crippen MR) is 156 cm³/mol.